The van der Waals surface area contributed by atoms with E-state index in [1.807, 2.05) is 34.9 Å². The van der Waals surface area contributed by atoms with Crippen LogP contribution < -0.4 is 0 Å². The standard InChI is InChI=1S/C17H19N3O3/c1-3-7-15-18-19-17(23-15)14-10-12-8-5-6-9-13(12)20(14)11-16(21)22-4-2/h5-6,8-10H,3-4,7,11H2,1-2H3. The van der Waals surface area contributed by atoms with Crippen LogP contribution in [0.3, 0.4) is 0 Å². The van der Waals surface area contributed by atoms with E-state index < -0.39 is 0 Å². The molecule has 0 spiro atoms. The van der Waals surface area contributed by atoms with Gasteiger partial charge in [-0.3, -0.25) is 4.79 Å². The van der Waals surface area contributed by atoms with Crippen molar-refractivity contribution in [1.29, 1.82) is 0 Å². The third kappa shape index (κ3) is 3.11. The van der Waals surface area contributed by atoms with Crippen molar-refractivity contribution < 1.29 is 13.9 Å². The summed E-state index contributed by atoms with van der Waals surface area (Å²) in [4.78, 5) is 11.9. The first-order chi connectivity index (χ1) is 11.2. The van der Waals surface area contributed by atoms with Gasteiger partial charge >= 0.3 is 5.97 Å². The van der Waals surface area contributed by atoms with E-state index in [9.17, 15) is 4.79 Å². The molecule has 0 fully saturated rings. The number of carbonyl (C=O) groups excluding carboxylic acids is 1. The zero-order valence-corrected chi connectivity index (χ0v) is 13.3. The average Bonchev–Trinajstić information content (AvgIpc) is 3.13. The first-order valence-electron chi connectivity index (χ1n) is 7.79. The molecule has 0 aliphatic heterocycles. The molecule has 3 aromatic rings. The van der Waals surface area contributed by atoms with Crippen molar-refractivity contribution in [3.05, 3.63) is 36.2 Å². The number of hydrogen-bond donors (Lipinski definition) is 0. The van der Waals surface area contributed by atoms with Gasteiger partial charge in [-0.1, -0.05) is 25.1 Å². The Labute approximate surface area is 134 Å². The van der Waals surface area contributed by atoms with E-state index in [-0.39, 0.29) is 12.5 Å². The van der Waals surface area contributed by atoms with E-state index >= 15 is 0 Å². The predicted molar refractivity (Wildman–Crippen MR) is 85.9 cm³/mol. The smallest absolute Gasteiger partial charge is 0.325 e. The number of rotatable bonds is 6. The Bertz CT molecular complexity index is 819. The molecule has 6 nitrogen and oxygen atoms in total. The molecule has 2 aromatic heterocycles. The second-order valence-electron chi connectivity index (χ2n) is 5.23. The Kier molecular flexibility index (Phi) is 4.41. The zero-order valence-electron chi connectivity index (χ0n) is 13.3. The van der Waals surface area contributed by atoms with E-state index in [1.165, 1.54) is 0 Å². The summed E-state index contributed by atoms with van der Waals surface area (Å²) in [5, 5.41) is 9.20. The number of esters is 1. The molecule has 6 heteroatoms. The quantitative estimate of drug-likeness (QED) is 0.654. The third-order valence-corrected chi connectivity index (χ3v) is 3.55. The second kappa shape index (κ2) is 6.64. The predicted octanol–water partition coefficient (Wildman–Crippen LogP) is 3.21. The molecular formula is C17H19N3O3. The van der Waals surface area contributed by atoms with Crippen LogP contribution in [-0.2, 0) is 22.5 Å². The number of carbonyl (C=O) groups is 1. The van der Waals surface area contributed by atoms with Gasteiger partial charge in [-0.25, -0.2) is 0 Å². The van der Waals surface area contributed by atoms with Crippen molar-refractivity contribution in [3.8, 4) is 11.6 Å². The lowest BCUT2D eigenvalue weighted by atomic mass is 10.2. The number of para-hydroxylation sites is 1. The fraction of sp³-hybridized carbons (Fsp3) is 0.353. The van der Waals surface area contributed by atoms with Gasteiger partial charge in [-0.05, 0) is 25.5 Å². The van der Waals surface area contributed by atoms with Crippen molar-refractivity contribution in [2.75, 3.05) is 6.61 Å². The zero-order chi connectivity index (χ0) is 16.2. The molecule has 1 aromatic carbocycles. The molecule has 120 valence electrons. The lowest BCUT2D eigenvalue weighted by molar-refractivity contribution is -0.143. The van der Waals surface area contributed by atoms with Gasteiger partial charge in [0.15, 0.2) is 0 Å². The largest absolute Gasteiger partial charge is 0.465 e. The first kappa shape index (κ1) is 15.3. The number of aryl methyl sites for hydroxylation is 1. The average molecular weight is 313 g/mol. The van der Waals surface area contributed by atoms with E-state index in [4.69, 9.17) is 9.15 Å². The van der Waals surface area contributed by atoms with Gasteiger partial charge in [0.05, 0.1) is 6.61 Å². The number of hydrogen-bond acceptors (Lipinski definition) is 5. The maximum atomic E-state index is 11.9. The molecule has 0 unspecified atom stereocenters. The molecule has 0 atom stereocenters. The Hall–Kier alpha value is -2.63. The van der Waals surface area contributed by atoms with E-state index in [1.54, 1.807) is 6.92 Å². The summed E-state index contributed by atoms with van der Waals surface area (Å²) in [5.74, 6) is 0.743. The molecule has 3 rings (SSSR count). The van der Waals surface area contributed by atoms with Crippen LogP contribution in [0.1, 0.15) is 26.2 Å². The van der Waals surface area contributed by atoms with Gasteiger partial charge in [0.1, 0.15) is 12.2 Å². The molecule has 0 aliphatic rings. The molecule has 0 N–H and O–H groups in total. The minimum Gasteiger partial charge on any atom is -0.465 e. The van der Waals surface area contributed by atoms with E-state index in [2.05, 4.69) is 17.1 Å². The molecule has 0 radical (unpaired) electrons. The maximum absolute atomic E-state index is 11.9. The summed E-state index contributed by atoms with van der Waals surface area (Å²) >= 11 is 0. The van der Waals surface area contributed by atoms with Gasteiger partial charge < -0.3 is 13.7 Å². The highest BCUT2D eigenvalue weighted by Gasteiger charge is 2.18. The van der Waals surface area contributed by atoms with Gasteiger partial charge in [0, 0.05) is 17.3 Å². The molecule has 0 amide bonds. The van der Waals surface area contributed by atoms with Crippen LogP contribution in [-0.4, -0.2) is 27.3 Å². The van der Waals surface area contributed by atoms with Crippen LogP contribution in [0, 0.1) is 0 Å². The summed E-state index contributed by atoms with van der Waals surface area (Å²) in [7, 11) is 0. The molecule has 0 saturated carbocycles. The Balaban J connectivity index is 2.05. The van der Waals surface area contributed by atoms with Crippen molar-refractivity contribution >= 4 is 16.9 Å². The maximum Gasteiger partial charge on any atom is 0.325 e. The number of fused-ring (bicyclic) bond motifs is 1. The van der Waals surface area contributed by atoms with Crippen LogP contribution in [0.15, 0.2) is 34.7 Å². The van der Waals surface area contributed by atoms with Crippen molar-refractivity contribution in [3.63, 3.8) is 0 Å². The SMILES string of the molecule is CCCc1nnc(-c2cc3ccccc3n2CC(=O)OCC)o1. The van der Waals surface area contributed by atoms with Crippen molar-refractivity contribution in [2.24, 2.45) is 0 Å². The van der Waals surface area contributed by atoms with E-state index in [0.29, 0.717) is 18.4 Å². The summed E-state index contributed by atoms with van der Waals surface area (Å²) < 4.78 is 12.7. The van der Waals surface area contributed by atoms with Crippen molar-refractivity contribution in [1.82, 2.24) is 14.8 Å². The first-order valence-corrected chi connectivity index (χ1v) is 7.79. The molecule has 0 bridgehead atoms. The van der Waals surface area contributed by atoms with Gasteiger partial charge in [0.2, 0.25) is 5.89 Å². The number of benzene rings is 1. The monoisotopic (exact) mass is 313 g/mol. The van der Waals surface area contributed by atoms with Crippen LogP contribution in [0.25, 0.3) is 22.5 Å². The topological polar surface area (TPSA) is 70.2 Å². The van der Waals surface area contributed by atoms with E-state index in [0.717, 1.165) is 29.4 Å². The highest BCUT2D eigenvalue weighted by atomic mass is 16.5. The molecular weight excluding hydrogens is 294 g/mol. The number of ether oxygens (including phenoxy) is 1. The van der Waals surface area contributed by atoms with Crippen LogP contribution >= 0.6 is 0 Å². The molecule has 23 heavy (non-hydrogen) atoms. The van der Waals surface area contributed by atoms with Crippen LogP contribution in [0.4, 0.5) is 0 Å². The highest BCUT2D eigenvalue weighted by Crippen LogP contribution is 2.27. The normalized spacial score (nSPS) is 11.0. The third-order valence-electron chi connectivity index (χ3n) is 3.55. The summed E-state index contributed by atoms with van der Waals surface area (Å²) in [6.45, 7) is 4.32. The van der Waals surface area contributed by atoms with Crippen LogP contribution in [0.5, 0.6) is 0 Å². The molecule has 0 aliphatic carbocycles. The molecule has 0 saturated heterocycles. The Morgan fingerprint density at radius 3 is 2.87 bits per heavy atom. The van der Waals surface area contributed by atoms with Crippen molar-refractivity contribution in [2.45, 2.75) is 33.2 Å². The number of nitrogens with zero attached hydrogens (tertiary/aromatic N) is 3. The van der Waals surface area contributed by atoms with Gasteiger partial charge in [-0.2, -0.15) is 0 Å². The Morgan fingerprint density at radius 2 is 2.09 bits per heavy atom. The molecule has 2 heterocycles. The fourth-order valence-electron chi connectivity index (χ4n) is 2.57. The lowest BCUT2D eigenvalue weighted by Crippen LogP contribution is -2.14. The summed E-state index contributed by atoms with van der Waals surface area (Å²) in [5.41, 5.74) is 1.67. The summed E-state index contributed by atoms with van der Waals surface area (Å²) in [6.07, 6.45) is 1.68. The summed E-state index contributed by atoms with van der Waals surface area (Å²) in [6, 6.07) is 9.80. The second-order valence-corrected chi connectivity index (χ2v) is 5.23. The lowest BCUT2D eigenvalue weighted by Gasteiger charge is -2.08. The Morgan fingerprint density at radius 1 is 1.26 bits per heavy atom. The minimum absolute atomic E-state index is 0.113. The van der Waals surface area contributed by atoms with Gasteiger partial charge in [-0.15, -0.1) is 10.2 Å². The number of aromatic nitrogens is 3. The van der Waals surface area contributed by atoms with Crippen LogP contribution in [0.2, 0.25) is 0 Å². The van der Waals surface area contributed by atoms with Gasteiger partial charge in [0.25, 0.3) is 5.89 Å². The minimum atomic E-state index is -0.289. The fourth-order valence-corrected chi connectivity index (χ4v) is 2.57. The highest BCUT2D eigenvalue weighted by molar-refractivity contribution is 5.87.